The zero-order valence-corrected chi connectivity index (χ0v) is 15.7. The highest BCUT2D eigenvalue weighted by Gasteiger charge is 2.53. The van der Waals surface area contributed by atoms with Crippen LogP contribution >= 0.6 is 0 Å². The number of ether oxygens (including phenoxy) is 2. The van der Waals surface area contributed by atoms with Gasteiger partial charge in [0.05, 0.1) is 13.2 Å². The normalized spacial score (nSPS) is 19.2. The molecular weight excluding hydrogens is 328 g/mol. The molecule has 1 aromatic rings. The van der Waals surface area contributed by atoms with Crippen LogP contribution in [0.5, 0.6) is 0 Å². The molecule has 0 heterocycles. The van der Waals surface area contributed by atoms with Gasteiger partial charge in [0.2, 0.25) is 0 Å². The molecule has 4 heteroatoms. The molecule has 0 amide bonds. The minimum absolute atomic E-state index is 0.234. The van der Waals surface area contributed by atoms with Crippen molar-refractivity contribution in [2.45, 2.75) is 33.6 Å². The van der Waals surface area contributed by atoms with Crippen molar-refractivity contribution in [3.8, 4) is 0 Å². The van der Waals surface area contributed by atoms with Gasteiger partial charge < -0.3 is 9.47 Å². The van der Waals surface area contributed by atoms with Gasteiger partial charge in [-0.05, 0) is 50.3 Å². The first-order valence-corrected chi connectivity index (χ1v) is 8.99. The zero-order chi connectivity index (χ0) is 19.0. The van der Waals surface area contributed by atoms with Crippen LogP contribution in [-0.4, -0.2) is 25.2 Å². The fourth-order valence-corrected chi connectivity index (χ4v) is 3.14. The highest BCUT2D eigenvalue weighted by atomic mass is 16.6. The third-order valence-corrected chi connectivity index (χ3v) is 4.46. The van der Waals surface area contributed by atoms with Gasteiger partial charge in [0.1, 0.15) is 0 Å². The highest BCUT2D eigenvalue weighted by molar-refractivity contribution is 6.02. The van der Waals surface area contributed by atoms with E-state index in [0.717, 1.165) is 16.7 Å². The van der Waals surface area contributed by atoms with Crippen molar-refractivity contribution in [2.24, 2.45) is 5.41 Å². The maximum Gasteiger partial charge on any atom is 0.324 e. The first kappa shape index (κ1) is 19.7. The lowest BCUT2D eigenvalue weighted by Gasteiger charge is -2.23. The summed E-state index contributed by atoms with van der Waals surface area (Å²) in [5.41, 5.74) is 1.75. The Morgan fingerprint density at radius 1 is 1.00 bits per heavy atom. The van der Waals surface area contributed by atoms with Crippen LogP contribution in [0, 0.1) is 5.41 Å². The number of esters is 2. The van der Waals surface area contributed by atoms with Gasteiger partial charge in [-0.25, -0.2) is 0 Å². The maximum atomic E-state index is 12.6. The van der Waals surface area contributed by atoms with Crippen LogP contribution in [-0.2, 0) is 19.1 Å². The molecule has 0 saturated heterocycles. The molecule has 0 aromatic heterocycles. The first-order valence-electron chi connectivity index (χ1n) is 8.99. The van der Waals surface area contributed by atoms with E-state index in [4.69, 9.17) is 9.47 Å². The van der Waals surface area contributed by atoms with Crippen molar-refractivity contribution in [2.75, 3.05) is 13.2 Å². The van der Waals surface area contributed by atoms with Crippen molar-refractivity contribution in [3.63, 3.8) is 0 Å². The summed E-state index contributed by atoms with van der Waals surface area (Å²) in [6.07, 6.45) is 8.45. The molecule has 0 N–H and O–H groups in total. The van der Waals surface area contributed by atoms with E-state index in [1.165, 1.54) is 0 Å². The molecule has 138 valence electrons. The molecule has 4 nitrogen and oxygen atoms in total. The Morgan fingerprint density at radius 3 is 2.12 bits per heavy atom. The van der Waals surface area contributed by atoms with Gasteiger partial charge in [0, 0.05) is 0 Å². The number of carbonyl (C=O) groups is 2. The van der Waals surface area contributed by atoms with E-state index in [9.17, 15) is 9.59 Å². The van der Waals surface area contributed by atoms with Crippen molar-refractivity contribution in [3.05, 3.63) is 65.3 Å². The summed E-state index contributed by atoms with van der Waals surface area (Å²) in [5.74, 6) is -1.01. The third kappa shape index (κ3) is 4.31. The number of rotatable bonds is 6. The quantitative estimate of drug-likeness (QED) is 0.558. The lowest BCUT2D eigenvalue weighted by molar-refractivity contribution is -0.171. The van der Waals surface area contributed by atoms with Crippen LogP contribution in [0.2, 0.25) is 0 Å². The van der Waals surface area contributed by atoms with Crippen LogP contribution in [0.1, 0.15) is 39.2 Å². The van der Waals surface area contributed by atoms with E-state index in [1.54, 1.807) is 13.8 Å². The van der Waals surface area contributed by atoms with Crippen LogP contribution < -0.4 is 0 Å². The van der Waals surface area contributed by atoms with Crippen LogP contribution in [0.4, 0.5) is 0 Å². The Labute approximate surface area is 155 Å². The number of benzene rings is 1. The summed E-state index contributed by atoms with van der Waals surface area (Å²) in [6.45, 7) is 5.86. The van der Waals surface area contributed by atoms with Crippen molar-refractivity contribution in [1.29, 1.82) is 0 Å². The second-order valence-corrected chi connectivity index (χ2v) is 6.15. The van der Waals surface area contributed by atoms with Crippen LogP contribution in [0.3, 0.4) is 0 Å². The molecule has 26 heavy (non-hydrogen) atoms. The number of hydrogen-bond acceptors (Lipinski definition) is 4. The summed E-state index contributed by atoms with van der Waals surface area (Å²) in [6, 6.07) is 9.96. The summed E-state index contributed by atoms with van der Waals surface area (Å²) >= 11 is 0. The molecule has 0 aliphatic heterocycles. The Kier molecular flexibility index (Phi) is 6.96. The minimum Gasteiger partial charge on any atom is -0.465 e. The molecule has 0 bridgehead atoms. The lowest BCUT2D eigenvalue weighted by Crippen LogP contribution is -2.39. The van der Waals surface area contributed by atoms with Gasteiger partial charge >= 0.3 is 11.9 Å². The van der Waals surface area contributed by atoms with Crippen molar-refractivity contribution < 1.29 is 19.1 Å². The van der Waals surface area contributed by atoms with E-state index in [2.05, 4.69) is 0 Å². The molecule has 0 radical (unpaired) electrons. The maximum absolute atomic E-state index is 12.6. The van der Waals surface area contributed by atoms with E-state index in [0.29, 0.717) is 12.8 Å². The average molecular weight is 354 g/mol. The average Bonchev–Trinajstić information content (AvgIpc) is 3.03. The fourth-order valence-electron chi connectivity index (χ4n) is 3.14. The molecular formula is C22H26O4. The number of allylic oxidation sites excluding steroid dienone is 5. The Morgan fingerprint density at radius 2 is 1.58 bits per heavy atom. The van der Waals surface area contributed by atoms with E-state index in [1.807, 2.05) is 61.6 Å². The van der Waals surface area contributed by atoms with Gasteiger partial charge in [-0.1, -0.05) is 54.6 Å². The van der Waals surface area contributed by atoms with E-state index >= 15 is 0 Å². The zero-order valence-electron chi connectivity index (χ0n) is 15.7. The van der Waals surface area contributed by atoms with Gasteiger partial charge in [-0.3, -0.25) is 9.59 Å². The number of carbonyl (C=O) groups excluding carboxylic acids is 2. The van der Waals surface area contributed by atoms with E-state index < -0.39 is 17.4 Å². The molecule has 1 saturated carbocycles. The summed E-state index contributed by atoms with van der Waals surface area (Å²) < 4.78 is 10.4. The summed E-state index contributed by atoms with van der Waals surface area (Å²) in [4.78, 5) is 25.2. The standard InChI is InChI=1S/C22H26O4/c1-4-18-15-22(20(23)25-5-2,21(24)26-6-3)16-19(18)14-10-13-17-11-8-7-9-12-17/h4,7-14H,5-6,15-16H2,1-3H3/b13-10+,18-4-,19-14+. The molecule has 1 aliphatic carbocycles. The predicted molar refractivity (Wildman–Crippen MR) is 102 cm³/mol. The Bertz CT molecular complexity index is 708. The van der Waals surface area contributed by atoms with Crippen molar-refractivity contribution in [1.82, 2.24) is 0 Å². The van der Waals surface area contributed by atoms with Crippen LogP contribution in [0.25, 0.3) is 6.08 Å². The second kappa shape index (κ2) is 9.18. The Balaban J connectivity index is 2.31. The SMILES string of the molecule is C/C=C1/CC(C(=O)OCC)(C(=O)OCC)C/C1=C\C=C\c1ccccc1. The first-order chi connectivity index (χ1) is 12.6. The summed E-state index contributed by atoms with van der Waals surface area (Å²) in [5, 5.41) is 0. The summed E-state index contributed by atoms with van der Waals surface area (Å²) in [7, 11) is 0. The monoisotopic (exact) mass is 354 g/mol. The minimum atomic E-state index is -1.28. The topological polar surface area (TPSA) is 52.6 Å². The third-order valence-electron chi connectivity index (χ3n) is 4.46. The predicted octanol–water partition coefficient (Wildman–Crippen LogP) is 4.48. The second-order valence-electron chi connectivity index (χ2n) is 6.15. The molecule has 1 aliphatic rings. The van der Waals surface area contributed by atoms with Crippen LogP contribution in [0.15, 0.2) is 59.7 Å². The largest absolute Gasteiger partial charge is 0.465 e. The highest BCUT2D eigenvalue weighted by Crippen LogP contribution is 2.47. The molecule has 0 atom stereocenters. The molecule has 0 unspecified atom stereocenters. The molecule has 0 spiro atoms. The van der Waals surface area contributed by atoms with Crippen molar-refractivity contribution >= 4 is 18.0 Å². The number of hydrogen-bond donors (Lipinski definition) is 0. The lowest BCUT2D eigenvalue weighted by atomic mass is 9.85. The molecule has 1 fully saturated rings. The van der Waals surface area contributed by atoms with Gasteiger partial charge in [-0.15, -0.1) is 0 Å². The van der Waals surface area contributed by atoms with Gasteiger partial charge in [0.25, 0.3) is 0 Å². The molecule has 1 aromatic carbocycles. The molecule has 2 rings (SSSR count). The van der Waals surface area contributed by atoms with E-state index in [-0.39, 0.29) is 13.2 Å². The smallest absolute Gasteiger partial charge is 0.324 e. The van der Waals surface area contributed by atoms with Gasteiger partial charge in [-0.2, -0.15) is 0 Å². The van der Waals surface area contributed by atoms with Gasteiger partial charge in [0.15, 0.2) is 5.41 Å². The fraction of sp³-hybridized carbons (Fsp3) is 0.364. The Hall–Kier alpha value is -2.62.